The predicted octanol–water partition coefficient (Wildman–Crippen LogP) is 5.30. The summed E-state index contributed by atoms with van der Waals surface area (Å²) in [5, 5.41) is 10.1. The molecule has 0 spiro atoms. The second-order valence-corrected chi connectivity index (χ2v) is 12.4. The number of nitrogens with one attached hydrogen (secondary N) is 2. The van der Waals surface area contributed by atoms with Gasteiger partial charge >= 0.3 is 0 Å². The van der Waals surface area contributed by atoms with E-state index in [0.717, 1.165) is 6.26 Å². The van der Waals surface area contributed by atoms with Crippen molar-refractivity contribution in [2.24, 2.45) is 5.18 Å². The van der Waals surface area contributed by atoms with Crippen LogP contribution in [0.2, 0.25) is 5.02 Å². The molecule has 2 N–H and O–H groups in total. The highest BCUT2D eigenvalue weighted by atomic mass is 35.5. The number of amides is 2. The van der Waals surface area contributed by atoms with Gasteiger partial charge in [-0.3, -0.25) is 14.3 Å². The Hall–Kier alpha value is -4.95. The Balaban J connectivity index is 1.31. The molecular weight excluding hydrogens is 624 g/mol. The minimum atomic E-state index is -3.47. The minimum absolute atomic E-state index is 0.0620. The molecule has 2 amide bonds. The van der Waals surface area contributed by atoms with Gasteiger partial charge in [-0.1, -0.05) is 28.9 Å². The van der Waals surface area contributed by atoms with Crippen LogP contribution in [-0.2, 0) is 10.0 Å². The molecule has 0 aliphatic carbocycles. The standard InChI is InChI=1S/C30H29ClN6O7S/c1-18-27(28(34-44-18)21-6-4-5-7-26(21)43-2)30(39)37-14-12-36(13-15-37)25-17-23(24(33-40)16-22(25)31)32-29(38)19-8-10-20(11-9-19)35-45(3,41)42/h4-11,16-17,35H,12-15H2,1-3H3,(H,32,38). The quantitative estimate of drug-likeness (QED) is 0.228. The first-order chi connectivity index (χ1) is 21.5. The third kappa shape index (κ3) is 6.91. The predicted molar refractivity (Wildman–Crippen MR) is 171 cm³/mol. The Morgan fingerprint density at radius 1 is 1.04 bits per heavy atom. The number of carbonyl (C=O) groups excluding carboxylic acids is 2. The fourth-order valence-electron chi connectivity index (χ4n) is 5.02. The number of nitroso groups, excluding NO2 is 1. The van der Waals surface area contributed by atoms with Crippen LogP contribution in [0.3, 0.4) is 0 Å². The summed E-state index contributed by atoms with van der Waals surface area (Å²) in [7, 11) is -1.93. The Bertz CT molecular complexity index is 1870. The molecule has 45 heavy (non-hydrogen) atoms. The van der Waals surface area contributed by atoms with Gasteiger partial charge in [0.15, 0.2) is 0 Å². The van der Waals surface area contributed by atoms with Crippen LogP contribution < -0.4 is 19.7 Å². The zero-order valence-electron chi connectivity index (χ0n) is 24.5. The summed E-state index contributed by atoms with van der Waals surface area (Å²) >= 11 is 6.53. The molecule has 0 saturated carbocycles. The smallest absolute Gasteiger partial charge is 0.259 e. The lowest BCUT2D eigenvalue weighted by atomic mass is 10.0. The SMILES string of the molecule is COc1ccccc1-c1noc(C)c1C(=O)N1CCN(c2cc(NC(=O)c3ccc(NS(C)(=O)=O)cc3)c(N=O)cc2Cl)CC1. The van der Waals surface area contributed by atoms with Gasteiger partial charge in [0.2, 0.25) is 10.0 Å². The van der Waals surface area contributed by atoms with Crippen molar-refractivity contribution >= 4 is 56.2 Å². The number of nitrogens with zero attached hydrogens (tertiary/aromatic N) is 4. The number of methoxy groups -OCH3 is 1. The number of sulfonamides is 1. The second kappa shape index (κ2) is 13.0. The Morgan fingerprint density at radius 3 is 2.38 bits per heavy atom. The van der Waals surface area contributed by atoms with Crippen molar-refractivity contribution in [3.8, 4) is 17.0 Å². The average molecular weight is 653 g/mol. The van der Waals surface area contributed by atoms with Gasteiger partial charge in [0.25, 0.3) is 11.8 Å². The van der Waals surface area contributed by atoms with E-state index < -0.39 is 15.9 Å². The number of anilines is 3. The van der Waals surface area contributed by atoms with Crippen LogP contribution in [-0.4, -0.2) is 69.8 Å². The molecule has 0 atom stereocenters. The van der Waals surface area contributed by atoms with Crippen LogP contribution in [0, 0.1) is 11.8 Å². The zero-order chi connectivity index (χ0) is 32.3. The van der Waals surface area contributed by atoms with Crippen LogP contribution >= 0.6 is 11.6 Å². The van der Waals surface area contributed by atoms with Gasteiger partial charge in [0, 0.05) is 43.0 Å². The number of para-hydroxylation sites is 1. The van der Waals surface area contributed by atoms with Crippen LogP contribution in [0.15, 0.2) is 70.4 Å². The van der Waals surface area contributed by atoms with Crippen molar-refractivity contribution in [3.63, 3.8) is 0 Å². The van der Waals surface area contributed by atoms with Gasteiger partial charge in [-0.2, -0.15) is 0 Å². The van der Waals surface area contributed by atoms with Crippen molar-refractivity contribution in [1.29, 1.82) is 0 Å². The lowest BCUT2D eigenvalue weighted by Gasteiger charge is -2.36. The van der Waals surface area contributed by atoms with Crippen molar-refractivity contribution in [3.05, 3.63) is 87.5 Å². The molecule has 1 saturated heterocycles. The lowest BCUT2D eigenvalue weighted by molar-refractivity contribution is 0.0745. The summed E-state index contributed by atoms with van der Waals surface area (Å²) in [6.45, 7) is 3.23. The molecule has 0 unspecified atom stereocenters. The molecule has 5 rings (SSSR count). The van der Waals surface area contributed by atoms with E-state index in [2.05, 4.69) is 20.4 Å². The molecule has 4 aromatic rings. The Morgan fingerprint density at radius 2 is 1.73 bits per heavy atom. The van der Waals surface area contributed by atoms with Crippen molar-refractivity contribution < 1.29 is 27.3 Å². The molecule has 13 nitrogen and oxygen atoms in total. The van der Waals surface area contributed by atoms with Crippen LogP contribution in [0.25, 0.3) is 11.3 Å². The average Bonchev–Trinajstić information content (AvgIpc) is 3.41. The maximum absolute atomic E-state index is 13.7. The highest BCUT2D eigenvalue weighted by Crippen LogP contribution is 2.38. The van der Waals surface area contributed by atoms with Gasteiger partial charge in [0.05, 0.1) is 29.8 Å². The minimum Gasteiger partial charge on any atom is -0.496 e. The molecule has 2 heterocycles. The first-order valence-corrected chi connectivity index (χ1v) is 16.0. The molecule has 0 radical (unpaired) electrons. The fraction of sp³-hybridized carbons (Fsp3) is 0.233. The van der Waals surface area contributed by atoms with E-state index >= 15 is 0 Å². The number of piperazine rings is 1. The number of halogens is 1. The number of hydrogen-bond donors (Lipinski definition) is 2. The molecule has 15 heteroatoms. The molecule has 1 aliphatic heterocycles. The number of aromatic nitrogens is 1. The molecule has 1 fully saturated rings. The van der Waals surface area contributed by atoms with E-state index in [0.29, 0.717) is 65.9 Å². The normalized spacial score (nSPS) is 13.3. The third-order valence-electron chi connectivity index (χ3n) is 7.21. The number of ether oxygens (including phenoxy) is 1. The lowest BCUT2D eigenvalue weighted by Crippen LogP contribution is -2.49. The number of benzene rings is 3. The van der Waals surface area contributed by atoms with E-state index in [1.807, 2.05) is 23.1 Å². The number of rotatable bonds is 9. The molecular formula is C30H29ClN6O7S. The number of aryl methyl sites for hydroxylation is 1. The highest BCUT2D eigenvalue weighted by molar-refractivity contribution is 7.92. The summed E-state index contributed by atoms with van der Waals surface area (Å²) in [6.07, 6.45) is 1.02. The fourth-order valence-corrected chi connectivity index (χ4v) is 5.87. The van der Waals surface area contributed by atoms with E-state index in [1.165, 1.54) is 30.3 Å². The molecule has 1 aliphatic rings. The van der Waals surface area contributed by atoms with Gasteiger partial charge in [-0.25, -0.2) is 8.42 Å². The van der Waals surface area contributed by atoms with Gasteiger partial charge in [-0.05, 0) is 60.6 Å². The number of hydrogen-bond acceptors (Lipinski definition) is 10. The molecule has 3 aromatic carbocycles. The highest BCUT2D eigenvalue weighted by Gasteiger charge is 2.30. The first kappa shape index (κ1) is 31.5. The topological polar surface area (TPSA) is 164 Å². The van der Waals surface area contributed by atoms with E-state index in [9.17, 15) is 22.9 Å². The molecule has 234 valence electrons. The third-order valence-corrected chi connectivity index (χ3v) is 8.12. The summed E-state index contributed by atoms with van der Waals surface area (Å²) in [5.41, 5.74) is 2.56. The van der Waals surface area contributed by atoms with Gasteiger partial charge < -0.3 is 24.4 Å². The number of carbonyl (C=O) groups is 2. The van der Waals surface area contributed by atoms with Gasteiger partial charge in [0.1, 0.15) is 28.5 Å². The van der Waals surface area contributed by atoms with Crippen molar-refractivity contribution in [1.82, 2.24) is 10.1 Å². The van der Waals surface area contributed by atoms with Crippen molar-refractivity contribution in [2.45, 2.75) is 6.92 Å². The summed E-state index contributed by atoms with van der Waals surface area (Å²) in [6, 6.07) is 16.0. The van der Waals surface area contributed by atoms with E-state index in [4.69, 9.17) is 20.9 Å². The maximum atomic E-state index is 13.7. The van der Waals surface area contributed by atoms with Crippen LogP contribution in [0.5, 0.6) is 5.75 Å². The van der Waals surface area contributed by atoms with Crippen LogP contribution in [0.1, 0.15) is 26.5 Å². The summed E-state index contributed by atoms with van der Waals surface area (Å²) < 4.78 is 36.1. The maximum Gasteiger partial charge on any atom is 0.259 e. The van der Waals surface area contributed by atoms with E-state index in [1.54, 1.807) is 31.1 Å². The van der Waals surface area contributed by atoms with Gasteiger partial charge in [-0.15, -0.1) is 4.91 Å². The van der Waals surface area contributed by atoms with Crippen molar-refractivity contribution in [2.75, 3.05) is 54.5 Å². The van der Waals surface area contributed by atoms with E-state index in [-0.39, 0.29) is 27.9 Å². The zero-order valence-corrected chi connectivity index (χ0v) is 26.1. The largest absolute Gasteiger partial charge is 0.496 e. The second-order valence-electron chi connectivity index (χ2n) is 10.3. The molecule has 1 aromatic heterocycles. The Kier molecular flexibility index (Phi) is 9.06. The summed E-state index contributed by atoms with van der Waals surface area (Å²) in [4.78, 5) is 41.9. The monoisotopic (exact) mass is 652 g/mol. The van der Waals surface area contributed by atoms with Crippen LogP contribution in [0.4, 0.5) is 22.7 Å². The summed E-state index contributed by atoms with van der Waals surface area (Å²) in [5.74, 6) is 0.192. The first-order valence-electron chi connectivity index (χ1n) is 13.7. The molecule has 0 bridgehead atoms. The Labute approximate surface area is 264 Å².